The van der Waals surface area contributed by atoms with Crippen LogP contribution < -0.4 is 5.73 Å². The predicted octanol–water partition coefficient (Wildman–Crippen LogP) is 2.32. The van der Waals surface area contributed by atoms with Gasteiger partial charge in [0.05, 0.1) is 11.5 Å². The van der Waals surface area contributed by atoms with E-state index in [9.17, 15) is 8.42 Å². The first kappa shape index (κ1) is 17.4. The fraction of sp³-hybridized carbons (Fsp3) is 0.538. The molecule has 0 saturated carbocycles. The zero-order valence-corrected chi connectivity index (χ0v) is 14.4. The molecule has 0 spiro atoms. The normalized spacial score (nSPS) is 12.3. The highest BCUT2D eigenvalue weighted by molar-refractivity contribution is 9.10. The molecule has 0 radical (unpaired) electrons. The third-order valence-electron chi connectivity index (χ3n) is 2.69. The number of sulfonamides is 1. The summed E-state index contributed by atoms with van der Waals surface area (Å²) in [5.74, 6) is 0.224. The Morgan fingerprint density at radius 1 is 1.40 bits per heavy atom. The summed E-state index contributed by atoms with van der Waals surface area (Å²) in [5.41, 5.74) is 6.12. The Kier molecular flexibility index (Phi) is 6.44. The van der Waals surface area contributed by atoms with Crippen molar-refractivity contribution in [3.8, 4) is 0 Å². The number of nitrogen functional groups attached to an aromatic ring is 1. The van der Waals surface area contributed by atoms with Crippen LogP contribution in [-0.4, -0.2) is 39.5 Å². The maximum atomic E-state index is 12.7. The molecule has 1 aromatic rings. The van der Waals surface area contributed by atoms with Crippen LogP contribution in [0, 0.1) is 5.92 Å². The Labute approximate surface area is 129 Å². The third kappa shape index (κ3) is 4.44. The smallest absolute Gasteiger partial charge is 0.244 e. The standard InChI is InChI=1S/C13H21BrN2O3S/c1-10(2)9-16(6-7-19-3)20(17,18)13-8-11(15)4-5-12(13)14/h4-5,8,10H,6-7,9,15H2,1-3H3. The van der Waals surface area contributed by atoms with Crippen LogP contribution in [0.1, 0.15) is 13.8 Å². The summed E-state index contributed by atoms with van der Waals surface area (Å²) in [6.45, 7) is 5.06. The molecule has 0 heterocycles. The van der Waals surface area contributed by atoms with Crippen LogP contribution in [0.4, 0.5) is 5.69 Å². The Balaban J connectivity index is 3.17. The number of benzene rings is 1. The highest BCUT2D eigenvalue weighted by Crippen LogP contribution is 2.27. The number of nitrogens with zero attached hydrogens (tertiary/aromatic N) is 1. The van der Waals surface area contributed by atoms with Gasteiger partial charge in [-0.15, -0.1) is 0 Å². The van der Waals surface area contributed by atoms with Crippen LogP contribution in [0.2, 0.25) is 0 Å². The fourth-order valence-corrected chi connectivity index (χ4v) is 4.31. The first-order chi connectivity index (χ1) is 9.28. The molecule has 0 aromatic heterocycles. The van der Waals surface area contributed by atoms with Gasteiger partial charge in [0.2, 0.25) is 10.0 Å². The second-order valence-electron chi connectivity index (χ2n) is 4.94. The van der Waals surface area contributed by atoms with Gasteiger partial charge in [-0.2, -0.15) is 4.31 Å². The highest BCUT2D eigenvalue weighted by atomic mass is 79.9. The first-order valence-electron chi connectivity index (χ1n) is 6.33. The zero-order valence-electron chi connectivity index (χ0n) is 12.0. The maximum Gasteiger partial charge on any atom is 0.244 e. The summed E-state index contributed by atoms with van der Waals surface area (Å²) in [4.78, 5) is 0.189. The summed E-state index contributed by atoms with van der Waals surface area (Å²) < 4.78 is 32.4. The number of hydrogen-bond donors (Lipinski definition) is 1. The Morgan fingerprint density at radius 2 is 2.05 bits per heavy atom. The number of anilines is 1. The molecule has 114 valence electrons. The minimum absolute atomic E-state index is 0.189. The molecule has 1 rings (SSSR count). The van der Waals surface area contributed by atoms with Crippen LogP contribution in [0.3, 0.4) is 0 Å². The molecule has 7 heteroatoms. The van der Waals surface area contributed by atoms with Gasteiger partial charge in [0.1, 0.15) is 0 Å². The minimum Gasteiger partial charge on any atom is -0.399 e. The van der Waals surface area contributed by atoms with E-state index in [4.69, 9.17) is 10.5 Å². The lowest BCUT2D eigenvalue weighted by Gasteiger charge is -2.24. The Hall–Kier alpha value is -0.630. The number of nitrogens with two attached hydrogens (primary N) is 1. The van der Waals surface area contributed by atoms with Crippen molar-refractivity contribution in [3.05, 3.63) is 22.7 Å². The highest BCUT2D eigenvalue weighted by Gasteiger charge is 2.27. The van der Waals surface area contributed by atoms with E-state index in [1.54, 1.807) is 19.2 Å². The monoisotopic (exact) mass is 364 g/mol. The zero-order chi connectivity index (χ0) is 15.3. The minimum atomic E-state index is -3.60. The molecule has 5 nitrogen and oxygen atoms in total. The van der Waals surface area contributed by atoms with Crippen molar-refractivity contribution < 1.29 is 13.2 Å². The first-order valence-corrected chi connectivity index (χ1v) is 8.56. The molecule has 0 fully saturated rings. The molecule has 0 amide bonds. The molecule has 0 aliphatic heterocycles. The van der Waals surface area contributed by atoms with E-state index >= 15 is 0 Å². The summed E-state index contributed by atoms with van der Waals surface area (Å²) in [6.07, 6.45) is 0. The SMILES string of the molecule is COCCN(CC(C)C)S(=O)(=O)c1cc(N)ccc1Br. The molecule has 0 unspecified atom stereocenters. The Bertz CT molecular complexity index is 547. The van der Waals surface area contributed by atoms with E-state index in [2.05, 4.69) is 15.9 Å². The largest absolute Gasteiger partial charge is 0.399 e. The van der Waals surface area contributed by atoms with Crippen molar-refractivity contribution in [3.63, 3.8) is 0 Å². The molecule has 0 bridgehead atoms. The van der Waals surface area contributed by atoms with Crippen molar-refractivity contribution in [2.24, 2.45) is 5.92 Å². The molecule has 20 heavy (non-hydrogen) atoms. The van der Waals surface area contributed by atoms with Crippen LogP contribution in [0.15, 0.2) is 27.6 Å². The van der Waals surface area contributed by atoms with Crippen molar-refractivity contribution >= 4 is 31.6 Å². The topological polar surface area (TPSA) is 72.6 Å². The molecule has 0 aliphatic carbocycles. The maximum absolute atomic E-state index is 12.7. The third-order valence-corrected chi connectivity index (χ3v) is 5.55. The summed E-state index contributed by atoms with van der Waals surface area (Å²) in [7, 11) is -2.04. The second-order valence-corrected chi connectivity index (χ2v) is 7.70. The van der Waals surface area contributed by atoms with Crippen LogP contribution in [-0.2, 0) is 14.8 Å². The van der Waals surface area contributed by atoms with Gasteiger partial charge in [-0.3, -0.25) is 0 Å². The lowest BCUT2D eigenvalue weighted by Crippen LogP contribution is -2.36. The van der Waals surface area contributed by atoms with Gasteiger partial charge < -0.3 is 10.5 Å². The number of halogens is 1. The van der Waals surface area contributed by atoms with Crippen molar-refractivity contribution in [2.75, 3.05) is 32.5 Å². The van der Waals surface area contributed by atoms with Gasteiger partial charge in [0, 0.05) is 30.4 Å². The van der Waals surface area contributed by atoms with Gasteiger partial charge in [0.15, 0.2) is 0 Å². The average molecular weight is 365 g/mol. The lowest BCUT2D eigenvalue weighted by atomic mass is 10.2. The number of ether oxygens (including phenoxy) is 1. The summed E-state index contributed by atoms with van der Waals surface area (Å²) in [6, 6.07) is 4.77. The molecule has 2 N–H and O–H groups in total. The van der Waals surface area contributed by atoms with Gasteiger partial charge in [-0.25, -0.2) is 8.42 Å². The lowest BCUT2D eigenvalue weighted by molar-refractivity contribution is 0.175. The molecule has 0 aliphatic rings. The van der Waals surface area contributed by atoms with E-state index in [-0.39, 0.29) is 10.8 Å². The molecule has 0 saturated heterocycles. The van der Waals surface area contributed by atoms with Crippen LogP contribution in [0.5, 0.6) is 0 Å². The second kappa shape index (κ2) is 7.40. The fourth-order valence-electron chi connectivity index (χ4n) is 1.77. The van der Waals surface area contributed by atoms with Gasteiger partial charge in [0.25, 0.3) is 0 Å². The average Bonchev–Trinajstić information content (AvgIpc) is 2.36. The number of rotatable bonds is 7. The van der Waals surface area contributed by atoms with Crippen molar-refractivity contribution in [2.45, 2.75) is 18.7 Å². The summed E-state index contributed by atoms with van der Waals surface area (Å²) >= 11 is 3.28. The van der Waals surface area contributed by atoms with Gasteiger partial charge in [-0.05, 0) is 40.0 Å². The van der Waals surface area contributed by atoms with Crippen LogP contribution in [0.25, 0.3) is 0 Å². The predicted molar refractivity (Wildman–Crippen MR) is 84.0 cm³/mol. The molecular weight excluding hydrogens is 344 g/mol. The molecule has 1 aromatic carbocycles. The van der Waals surface area contributed by atoms with Crippen molar-refractivity contribution in [1.29, 1.82) is 0 Å². The molecule has 0 atom stereocenters. The van der Waals surface area contributed by atoms with Crippen molar-refractivity contribution in [1.82, 2.24) is 4.31 Å². The summed E-state index contributed by atoms with van der Waals surface area (Å²) in [5, 5.41) is 0. The van der Waals surface area contributed by atoms with Gasteiger partial charge in [-0.1, -0.05) is 13.8 Å². The number of hydrogen-bond acceptors (Lipinski definition) is 4. The van der Waals surface area contributed by atoms with E-state index in [1.807, 2.05) is 13.8 Å². The van der Waals surface area contributed by atoms with Crippen LogP contribution >= 0.6 is 15.9 Å². The van der Waals surface area contributed by atoms with Gasteiger partial charge >= 0.3 is 0 Å². The van der Waals surface area contributed by atoms with E-state index < -0.39 is 10.0 Å². The quantitative estimate of drug-likeness (QED) is 0.753. The number of methoxy groups -OCH3 is 1. The Morgan fingerprint density at radius 3 is 2.60 bits per heavy atom. The van der Waals surface area contributed by atoms with E-state index in [1.165, 1.54) is 10.4 Å². The van der Waals surface area contributed by atoms with E-state index in [0.717, 1.165) is 0 Å². The molecular formula is C13H21BrN2O3S. The van der Waals surface area contributed by atoms with E-state index in [0.29, 0.717) is 29.9 Å².